The van der Waals surface area contributed by atoms with Crippen molar-refractivity contribution in [2.75, 3.05) is 108 Å². The number of halogens is 2. The molecule has 280 valence electrons. The number of hydrogen-bond donors (Lipinski definition) is 3. The fourth-order valence-corrected chi connectivity index (χ4v) is 4.99. The van der Waals surface area contributed by atoms with E-state index in [4.69, 9.17) is 52.8 Å². The number of anilines is 4. The van der Waals surface area contributed by atoms with Gasteiger partial charge in [-0.3, -0.25) is 9.68 Å². The average molecular weight is 735 g/mol. The number of hydroxylamine groups is 2. The molecule has 5 heterocycles. The highest BCUT2D eigenvalue weighted by atomic mass is 35.5. The molecule has 0 bridgehead atoms. The maximum Gasteiger partial charge on any atom is 0.256 e. The van der Waals surface area contributed by atoms with Crippen LogP contribution >= 0.6 is 23.2 Å². The van der Waals surface area contributed by atoms with Gasteiger partial charge in [0.15, 0.2) is 0 Å². The molecule has 5 rings (SSSR count). The monoisotopic (exact) mass is 733 g/mol. The molecule has 0 atom stereocenters. The molecule has 3 saturated heterocycles. The summed E-state index contributed by atoms with van der Waals surface area (Å²) in [5.74, 6) is 3.79. The van der Waals surface area contributed by atoms with E-state index >= 15 is 0 Å². The van der Waals surface area contributed by atoms with Crippen molar-refractivity contribution in [3.05, 3.63) is 10.6 Å². The van der Waals surface area contributed by atoms with Crippen molar-refractivity contribution in [2.45, 2.75) is 58.8 Å². The van der Waals surface area contributed by atoms with Crippen molar-refractivity contribution in [3.8, 4) is 0 Å². The van der Waals surface area contributed by atoms with Crippen LogP contribution in [0.2, 0.25) is 10.6 Å². The van der Waals surface area contributed by atoms with Gasteiger partial charge in [-0.25, -0.2) is 10.1 Å². The summed E-state index contributed by atoms with van der Waals surface area (Å²) in [7, 11) is 6.47. The SMILES string of the molecule is CCC.CON(C)c1nc(Cl)nc(Cl)n1.CON(C)c1nc(NCC2CCOCC2)nc(NCC2CCOCC2)n1.NCC1CCOCC1. The Labute approximate surface area is 301 Å². The predicted molar refractivity (Wildman–Crippen MR) is 193 cm³/mol. The van der Waals surface area contributed by atoms with E-state index in [9.17, 15) is 0 Å². The molecule has 0 saturated carbocycles. The van der Waals surface area contributed by atoms with Crippen molar-refractivity contribution >= 4 is 47.0 Å². The summed E-state index contributed by atoms with van der Waals surface area (Å²) in [6.45, 7) is 11.9. The molecule has 0 aliphatic carbocycles. The third-order valence-electron chi connectivity index (χ3n) is 7.76. The van der Waals surface area contributed by atoms with Gasteiger partial charge in [-0.05, 0) is 86.0 Å². The molecule has 18 heteroatoms. The van der Waals surface area contributed by atoms with Crippen LogP contribution < -0.4 is 26.5 Å². The first-order valence-corrected chi connectivity index (χ1v) is 17.8. The second kappa shape index (κ2) is 25.5. The van der Waals surface area contributed by atoms with Gasteiger partial charge >= 0.3 is 0 Å². The van der Waals surface area contributed by atoms with E-state index in [1.807, 2.05) is 0 Å². The molecular formula is C31H57Cl2N11O5. The van der Waals surface area contributed by atoms with Gasteiger partial charge in [0, 0.05) is 66.8 Å². The standard InChI is InChI=1S/C17H30N6O3.C6H13NO.C5H6Cl2N4O.C3H8/c1-23(24-2)17-21-15(18-11-13-3-7-25-8-4-13)20-16(22-17)19-12-14-5-9-26-10-6-14;7-5-6-1-3-8-4-2-6;1-11(12-2)5-9-3(6)8-4(7)10-5;1-3-2/h13-14H,3-12H2,1-2H3,(H2,18,19,20,21,22);6H,1-5,7H2;1-2H3;3H2,1-2H3. The van der Waals surface area contributed by atoms with Crippen molar-refractivity contribution in [2.24, 2.45) is 23.5 Å². The number of rotatable bonds is 11. The molecule has 3 aliphatic rings. The minimum Gasteiger partial charge on any atom is -0.381 e. The lowest BCUT2D eigenvalue weighted by Gasteiger charge is -2.23. The lowest BCUT2D eigenvalue weighted by atomic mass is 10.0. The van der Waals surface area contributed by atoms with Crippen LogP contribution in [0.1, 0.15) is 58.8 Å². The lowest BCUT2D eigenvalue weighted by molar-refractivity contribution is 0.0688. The molecule has 0 amide bonds. The Kier molecular flexibility index (Phi) is 22.2. The largest absolute Gasteiger partial charge is 0.381 e. The smallest absolute Gasteiger partial charge is 0.256 e. The van der Waals surface area contributed by atoms with Crippen LogP contribution in [-0.4, -0.2) is 117 Å². The average Bonchev–Trinajstić information content (AvgIpc) is 3.14. The molecular weight excluding hydrogens is 677 g/mol. The van der Waals surface area contributed by atoms with Crippen LogP contribution in [0.25, 0.3) is 0 Å². The highest BCUT2D eigenvalue weighted by Crippen LogP contribution is 2.19. The first-order valence-electron chi connectivity index (χ1n) is 17.0. The lowest BCUT2D eigenvalue weighted by Crippen LogP contribution is -2.26. The van der Waals surface area contributed by atoms with Gasteiger partial charge in [-0.1, -0.05) is 20.3 Å². The van der Waals surface area contributed by atoms with Crippen molar-refractivity contribution in [1.29, 1.82) is 0 Å². The zero-order valence-electron chi connectivity index (χ0n) is 30.0. The summed E-state index contributed by atoms with van der Waals surface area (Å²) in [5, 5.41) is 9.62. The van der Waals surface area contributed by atoms with Crippen LogP contribution in [0.15, 0.2) is 0 Å². The first kappa shape index (κ1) is 42.7. The molecule has 49 heavy (non-hydrogen) atoms. The first-order chi connectivity index (χ1) is 23.7. The third kappa shape index (κ3) is 17.9. The molecule has 0 radical (unpaired) electrons. The second-order valence-electron chi connectivity index (χ2n) is 11.7. The Morgan fingerprint density at radius 2 is 0.980 bits per heavy atom. The van der Waals surface area contributed by atoms with Crippen molar-refractivity contribution < 1.29 is 23.9 Å². The highest BCUT2D eigenvalue weighted by molar-refractivity contribution is 6.31. The summed E-state index contributed by atoms with van der Waals surface area (Å²) >= 11 is 11.0. The van der Waals surface area contributed by atoms with Gasteiger partial charge in [-0.2, -0.15) is 29.9 Å². The van der Waals surface area contributed by atoms with Crippen LogP contribution in [0.4, 0.5) is 23.8 Å². The van der Waals surface area contributed by atoms with Crippen LogP contribution in [0.3, 0.4) is 0 Å². The summed E-state index contributed by atoms with van der Waals surface area (Å²) in [4.78, 5) is 34.6. The Balaban J connectivity index is 0.000000297. The quantitative estimate of drug-likeness (QED) is 0.274. The van der Waals surface area contributed by atoms with E-state index < -0.39 is 0 Å². The van der Waals surface area contributed by atoms with Gasteiger partial charge in [0.05, 0.1) is 14.2 Å². The zero-order chi connectivity index (χ0) is 35.9. The number of nitrogens with two attached hydrogens (primary N) is 1. The van der Waals surface area contributed by atoms with Crippen molar-refractivity contribution in [3.63, 3.8) is 0 Å². The van der Waals surface area contributed by atoms with E-state index in [1.165, 1.54) is 23.7 Å². The molecule has 2 aromatic rings. The maximum atomic E-state index is 5.52. The van der Waals surface area contributed by atoms with E-state index in [0.29, 0.717) is 29.7 Å². The topological polar surface area (TPSA) is 180 Å². The van der Waals surface area contributed by atoms with E-state index in [-0.39, 0.29) is 16.5 Å². The van der Waals surface area contributed by atoms with Gasteiger partial charge in [0.25, 0.3) is 11.9 Å². The number of ether oxygens (including phenoxy) is 3. The Bertz CT molecular complexity index is 1080. The van der Waals surface area contributed by atoms with Gasteiger partial charge in [0.1, 0.15) is 0 Å². The van der Waals surface area contributed by atoms with Crippen LogP contribution in [0.5, 0.6) is 0 Å². The summed E-state index contributed by atoms with van der Waals surface area (Å²) < 4.78 is 16.0. The van der Waals surface area contributed by atoms with Crippen molar-refractivity contribution in [1.82, 2.24) is 29.9 Å². The third-order valence-corrected chi connectivity index (χ3v) is 8.10. The van der Waals surface area contributed by atoms with E-state index in [0.717, 1.165) is 104 Å². The highest BCUT2D eigenvalue weighted by Gasteiger charge is 2.18. The predicted octanol–water partition coefficient (Wildman–Crippen LogP) is 4.51. The number of nitrogens with one attached hydrogen (secondary N) is 2. The van der Waals surface area contributed by atoms with E-state index in [1.54, 1.807) is 21.2 Å². The van der Waals surface area contributed by atoms with Gasteiger partial charge in [0.2, 0.25) is 22.5 Å². The molecule has 3 aliphatic heterocycles. The minimum atomic E-state index is 0.0360. The molecule has 0 aromatic carbocycles. The Morgan fingerprint density at radius 1 is 0.633 bits per heavy atom. The second-order valence-corrected chi connectivity index (χ2v) is 12.4. The number of aromatic nitrogens is 6. The van der Waals surface area contributed by atoms with Crippen LogP contribution in [0, 0.1) is 17.8 Å². The summed E-state index contributed by atoms with van der Waals surface area (Å²) in [6, 6.07) is 0. The summed E-state index contributed by atoms with van der Waals surface area (Å²) in [6.07, 6.45) is 7.85. The Morgan fingerprint density at radius 3 is 1.31 bits per heavy atom. The number of nitrogens with zero attached hydrogens (tertiary/aromatic N) is 8. The fourth-order valence-electron chi connectivity index (χ4n) is 4.64. The fraction of sp³-hybridized carbons (Fsp3) is 0.806. The molecule has 16 nitrogen and oxygen atoms in total. The zero-order valence-corrected chi connectivity index (χ0v) is 31.5. The minimum absolute atomic E-state index is 0.0360. The maximum absolute atomic E-state index is 5.52. The molecule has 3 fully saturated rings. The molecule has 4 N–H and O–H groups in total. The molecule has 2 aromatic heterocycles. The number of hydrogen-bond acceptors (Lipinski definition) is 16. The van der Waals surface area contributed by atoms with Gasteiger partial charge < -0.3 is 30.6 Å². The van der Waals surface area contributed by atoms with Crippen LogP contribution in [-0.2, 0) is 23.9 Å². The van der Waals surface area contributed by atoms with Gasteiger partial charge in [-0.15, -0.1) is 0 Å². The summed E-state index contributed by atoms with van der Waals surface area (Å²) in [5.41, 5.74) is 5.45. The molecule has 0 spiro atoms. The Hall–Kier alpha value is -2.44. The van der Waals surface area contributed by atoms with E-state index in [2.05, 4.69) is 54.4 Å². The normalized spacial score (nSPS) is 16.9. The molecule has 0 unspecified atom stereocenters.